The molecule has 16 heavy (non-hydrogen) atoms. The third-order valence-corrected chi connectivity index (χ3v) is 2.67. The summed E-state index contributed by atoms with van der Waals surface area (Å²) >= 11 is 0. The van der Waals surface area contributed by atoms with E-state index in [1.807, 2.05) is 0 Å². The molecule has 1 aromatic rings. The fourth-order valence-corrected chi connectivity index (χ4v) is 1.48. The van der Waals surface area contributed by atoms with Gasteiger partial charge in [-0.1, -0.05) is 0 Å². The number of ether oxygens (including phenoxy) is 2. The fourth-order valence-electron chi connectivity index (χ4n) is 1.48. The van der Waals surface area contributed by atoms with Crippen molar-refractivity contribution in [1.29, 1.82) is 0 Å². The van der Waals surface area contributed by atoms with E-state index in [0.29, 0.717) is 13.2 Å². The van der Waals surface area contributed by atoms with Gasteiger partial charge in [0.2, 0.25) is 0 Å². The Morgan fingerprint density at radius 2 is 2.31 bits per heavy atom. The van der Waals surface area contributed by atoms with E-state index in [0.717, 1.165) is 12.8 Å². The lowest BCUT2D eigenvalue weighted by molar-refractivity contribution is -0.386. The Morgan fingerprint density at radius 1 is 1.56 bits per heavy atom. The van der Waals surface area contributed by atoms with Crippen LogP contribution < -0.4 is 4.74 Å². The molecule has 0 spiro atoms. The topological polar surface area (TPSA) is 79.4 Å². The van der Waals surface area contributed by atoms with Gasteiger partial charge >= 0.3 is 11.6 Å². The van der Waals surface area contributed by atoms with Crippen molar-refractivity contribution in [3.8, 4) is 5.88 Å². The smallest absolute Gasteiger partial charge is 0.350 e. The molecule has 2 aliphatic rings. The van der Waals surface area contributed by atoms with E-state index >= 15 is 0 Å². The maximum atomic E-state index is 10.8. The van der Waals surface area contributed by atoms with Crippen LogP contribution in [0.3, 0.4) is 0 Å². The SMILES string of the molecule is O=[N+]([O-])c1cn(C2COC2)nc1OC1CC1. The van der Waals surface area contributed by atoms with Gasteiger partial charge < -0.3 is 9.47 Å². The second-order valence-corrected chi connectivity index (χ2v) is 4.07. The highest BCUT2D eigenvalue weighted by molar-refractivity contribution is 5.39. The molecule has 2 fully saturated rings. The quantitative estimate of drug-likeness (QED) is 0.562. The molecule has 0 aromatic carbocycles. The molecule has 3 rings (SSSR count). The zero-order chi connectivity index (χ0) is 11.1. The van der Waals surface area contributed by atoms with Gasteiger partial charge in [0.15, 0.2) is 0 Å². The van der Waals surface area contributed by atoms with Crippen LogP contribution in [0.25, 0.3) is 0 Å². The maximum Gasteiger partial charge on any atom is 0.350 e. The second kappa shape index (κ2) is 3.44. The van der Waals surface area contributed by atoms with Gasteiger partial charge in [-0.3, -0.25) is 14.8 Å². The van der Waals surface area contributed by atoms with Crippen molar-refractivity contribution >= 4 is 5.69 Å². The Labute approximate surface area is 91.1 Å². The van der Waals surface area contributed by atoms with Crippen LogP contribution in [-0.2, 0) is 4.74 Å². The van der Waals surface area contributed by atoms with Gasteiger partial charge in [0.25, 0.3) is 0 Å². The molecule has 0 N–H and O–H groups in total. The molecule has 0 amide bonds. The molecule has 1 aromatic heterocycles. The zero-order valence-corrected chi connectivity index (χ0v) is 8.54. The van der Waals surface area contributed by atoms with Gasteiger partial charge in [-0.05, 0) is 12.8 Å². The molecule has 0 atom stereocenters. The molecular weight excluding hydrogens is 214 g/mol. The van der Waals surface area contributed by atoms with E-state index in [1.165, 1.54) is 6.20 Å². The summed E-state index contributed by atoms with van der Waals surface area (Å²) in [6.07, 6.45) is 3.44. The van der Waals surface area contributed by atoms with Crippen LogP contribution in [0.5, 0.6) is 5.88 Å². The Hall–Kier alpha value is -1.63. The van der Waals surface area contributed by atoms with Crippen molar-refractivity contribution in [3.05, 3.63) is 16.3 Å². The molecular formula is C9H11N3O4. The number of rotatable bonds is 4. The summed E-state index contributed by atoms with van der Waals surface area (Å²) in [6.45, 7) is 1.11. The van der Waals surface area contributed by atoms with Crippen molar-refractivity contribution in [1.82, 2.24) is 9.78 Å². The highest BCUT2D eigenvalue weighted by Gasteiger charge is 2.32. The average molecular weight is 225 g/mol. The maximum absolute atomic E-state index is 10.8. The number of hydrogen-bond donors (Lipinski definition) is 0. The molecule has 0 unspecified atom stereocenters. The van der Waals surface area contributed by atoms with Gasteiger partial charge in [0.1, 0.15) is 12.3 Å². The minimum atomic E-state index is -0.458. The lowest BCUT2D eigenvalue weighted by Gasteiger charge is -2.25. The first-order valence-corrected chi connectivity index (χ1v) is 5.22. The summed E-state index contributed by atoms with van der Waals surface area (Å²) in [5, 5.41) is 14.9. The molecule has 7 nitrogen and oxygen atoms in total. The fraction of sp³-hybridized carbons (Fsp3) is 0.667. The predicted molar refractivity (Wildman–Crippen MR) is 52.4 cm³/mol. The van der Waals surface area contributed by atoms with Crippen molar-refractivity contribution in [2.75, 3.05) is 13.2 Å². The third kappa shape index (κ3) is 1.63. The van der Waals surface area contributed by atoms with E-state index in [1.54, 1.807) is 4.68 Å². The van der Waals surface area contributed by atoms with Crippen LogP contribution in [0.15, 0.2) is 6.20 Å². The molecule has 0 bridgehead atoms. The number of nitro groups is 1. The molecule has 0 radical (unpaired) electrons. The number of hydrogen-bond acceptors (Lipinski definition) is 5. The molecule has 86 valence electrons. The van der Waals surface area contributed by atoms with Gasteiger partial charge in [0.05, 0.1) is 24.2 Å². The van der Waals surface area contributed by atoms with Crippen LogP contribution in [0, 0.1) is 10.1 Å². The first-order valence-electron chi connectivity index (χ1n) is 5.22. The van der Waals surface area contributed by atoms with Crippen molar-refractivity contribution in [2.45, 2.75) is 25.0 Å². The minimum Gasteiger partial charge on any atom is -0.468 e. The summed E-state index contributed by atoms with van der Waals surface area (Å²) in [7, 11) is 0. The number of nitrogens with zero attached hydrogens (tertiary/aromatic N) is 3. The van der Waals surface area contributed by atoms with Crippen molar-refractivity contribution in [2.24, 2.45) is 0 Å². The van der Waals surface area contributed by atoms with Crippen LogP contribution >= 0.6 is 0 Å². The van der Waals surface area contributed by atoms with Gasteiger partial charge in [-0.15, -0.1) is 5.10 Å². The largest absolute Gasteiger partial charge is 0.468 e. The van der Waals surface area contributed by atoms with Gasteiger partial charge in [-0.2, -0.15) is 0 Å². The van der Waals surface area contributed by atoms with E-state index in [-0.39, 0.29) is 23.7 Å². The van der Waals surface area contributed by atoms with E-state index < -0.39 is 4.92 Å². The monoisotopic (exact) mass is 225 g/mol. The molecule has 7 heteroatoms. The van der Waals surface area contributed by atoms with E-state index in [4.69, 9.17) is 9.47 Å². The molecule has 1 aliphatic carbocycles. The Bertz CT molecular complexity index is 422. The second-order valence-electron chi connectivity index (χ2n) is 4.07. The molecule has 1 aliphatic heterocycles. The van der Waals surface area contributed by atoms with Crippen molar-refractivity contribution < 1.29 is 14.4 Å². The van der Waals surface area contributed by atoms with Crippen LogP contribution in [0.2, 0.25) is 0 Å². The Kier molecular flexibility index (Phi) is 2.06. The Balaban J connectivity index is 1.86. The summed E-state index contributed by atoms with van der Waals surface area (Å²) in [5.74, 6) is 0.138. The van der Waals surface area contributed by atoms with Gasteiger partial charge in [-0.25, -0.2) is 0 Å². The van der Waals surface area contributed by atoms with Crippen LogP contribution in [-0.4, -0.2) is 34.0 Å². The molecule has 1 saturated heterocycles. The van der Waals surface area contributed by atoms with Crippen LogP contribution in [0.1, 0.15) is 18.9 Å². The standard InChI is InChI=1S/C9H11N3O4/c13-12(14)8-3-11(6-4-15-5-6)10-9(8)16-7-1-2-7/h3,6-7H,1-2,4-5H2. The lowest BCUT2D eigenvalue weighted by Crippen LogP contribution is -2.30. The number of aromatic nitrogens is 2. The molecule has 2 heterocycles. The summed E-state index contributed by atoms with van der Waals surface area (Å²) in [6, 6.07) is 0.107. The zero-order valence-electron chi connectivity index (χ0n) is 8.54. The lowest BCUT2D eigenvalue weighted by atomic mass is 10.3. The van der Waals surface area contributed by atoms with Crippen molar-refractivity contribution in [3.63, 3.8) is 0 Å². The summed E-state index contributed by atoms with van der Waals surface area (Å²) in [5.41, 5.74) is -0.0567. The van der Waals surface area contributed by atoms with Crippen LogP contribution in [0.4, 0.5) is 5.69 Å². The highest BCUT2D eigenvalue weighted by Crippen LogP contribution is 2.33. The molecule has 1 saturated carbocycles. The van der Waals surface area contributed by atoms with Gasteiger partial charge in [0, 0.05) is 0 Å². The summed E-state index contributed by atoms with van der Waals surface area (Å²) in [4.78, 5) is 10.3. The third-order valence-electron chi connectivity index (χ3n) is 2.67. The average Bonchev–Trinajstić information content (AvgIpc) is 2.84. The van der Waals surface area contributed by atoms with E-state index in [9.17, 15) is 10.1 Å². The van der Waals surface area contributed by atoms with E-state index in [2.05, 4.69) is 5.10 Å². The first kappa shape index (κ1) is 9.59. The highest BCUT2D eigenvalue weighted by atomic mass is 16.6. The Morgan fingerprint density at radius 3 is 2.81 bits per heavy atom. The summed E-state index contributed by atoms with van der Waals surface area (Å²) < 4.78 is 12.0. The minimum absolute atomic E-state index is 0.0567. The predicted octanol–water partition coefficient (Wildman–Crippen LogP) is 0.904. The first-order chi connectivity index (χ1) is 7.74. The normalized spacial score (nSPS) is 20.5.